The molecule has 1 N–H and O–H groups in total. The summed E-state index contributed by atoms with van der Waals surface area (Å²) in [4.78, 5) is 2.62. The predicted molar refractivity (Wildman–Crippen MR) is 82.6 cm³/mol. The Kier molecular flexibility index (Phi) is 5.41. The number of hydrogen-bond donors (Lipinski definition) is 1. The molecule has 0 radical (unpaired) electrons. The summed E-state index contributed by atoms with van der Waals surface area (Å²) in [6.07, 6.45) is 3.92. The van der Waals surface area contributed by atoms with Crippen molar-refractivity contribution in [2.24, 2.45) is 0 Å². The van der Waals surface area contributed by atoms with Gasteiger partial charge < -0.3 is 5.32 Å². The molecule has 0 saturated carbocycles. The van der Waals surface area contributed by atoms with E-state index in [0.29, 0.717) is 12.0 Å². The van der Waals surface area contributed by atoms with Crippen LogP contribution in [0.2, 0.25) is 0 Å². The Hall–Kier alpha value is -0.860. The van der Waals surface area contributed by atoms with Crippen molar-refractivity contribution in [2.75, 3.05) is 26.7 Å². The van der Waals surface area contributed by atoms with Crippen molar-refractivity contribution in [1.82, 2.24) is 10.2 Å². The van der Waals surface area contributed by atoms with E-state index < -0.39 is 0 Å². The molecule has 2 rings (SSSR count). The zero-order chi connectivity index (χ0) is 13.7. The van der Waals surface area contributed by atoms with Crippen molar-refractivity contribution in [3.63, 3.8) is 0 Å². The minimum atomic E-state index is 0.540. The molecule has 2 unspecified atom stereocenters. The summed E-state index contributed by atoms with van der Waals surface area (Å²) in [5, 5.41) is 3.35. The Balaban J connectivity index is 2.12. The Bertz CT molecular complexity index is 365. The fourth-order valence-electron chi connectivity index (χ4n) is 2.99. The van der Waals surface area contributed by atoms with E-state index in [9.17, 15) is 0 Å². The highest BCUT2D eigenvalue weighted by Crippen LogP contribution is 2.26. The average Bonchev–Trinajstić information content (AvgIpc) is 2.98. The number of likely N-dealkylation sites (tertiary alicyclic amines) is 1. The largest absolute Gasteiger partial charge is 0.318 e. The lowest BCUT2D eigenvalue weighted by Gasteiger charge is -2.28. The van der Waals surface area contributed by atoms with Gasteiger partial charge in [0.05, 0.1) is 0 Å². The van der Waals surface area contributed by atoms with E-state index in [0.717, 1.165) is 6.54 Å². The minimum absolute atomic E-state index is 0.540. The molecule has 2 atom stereocenters. The van der Waals surface area contributed by atoms with Gasteiger partial charge in [-0.1, -0.05) is 38.1 Å². The van der Waals surface area contributed by atoms with E-state index >= 15 is 0 Å². The SMILES string of the molecule is CCC(C)c1ccc(C(CNC)N2CCCC2)cc1. The van der Waals surface area contributed by atoms with Gasteiger partial charge in [0, 0.05) is 12.6 Å². The van der Waals surface area contributed by atoms with Crippen molar-refractivity contribution in [3.8, 4) is 0 Å². The number of nitrogens with one attached hydrogen (secondary N) is 1. The second-order valence-electron chi connectivity index (χ2n) is 5.79. The van der Waals surface area contributed by atoms with Gasteiger partial charge in [-0.25, -0.2) is 0 Å². The first kappa shape index (κ1) is 14.5. The van der Waals surface area contributed by atoms with Crippen LogP contribution < -0.4 is 5.32 Å². The number of hydrogen-bond acceptors (Lipinski definition) is 2. The van der Waals surface area contributed by atoms with Gasteiger partial charge in [0.25, 0.3) is 0 Å². The minimum Gasteiger partial charge on any atom is -0.318 e. The van der Waals surface area contributed by atoms with Crippen molar-refractivity contribution < 1.29 is 0 Å². The van der Waals surface area contributed by atoms with E-state index in [-0.39, 0.29) is 0 Å². The Labute approximate surface area is 118 Å². The second kappa shape index (κ2) is 7.06. The number of benzene rings is 1. The molecule has 1 aliphatic rings. The molecule has 1 heterocycles. The zero-order valence-corrected chi connectivity index (χ0v) is 12.7. The summed E-state index contributed by atoms with van der Waals surface area (Å²) in [6.45, 7) is 8.11. The van der Waals surface area contributed by atoms with Crippen LogP contribution in [0.25, 0.3) is 0 Å². The van der Waals surface area contributed by atoms with Crippen molar-refractivity contribution in [1.29, 1.82) is 0 Å². The maximum atomic E-state index is 3.35. The third kappa shape index (κ3) is 3.58. The molecule has 0 bridgehead atoms. The maximum absolute atomic E-state index is 3.35. The first-order chi connectivity index (χ1) is 9.26. The quantitative estimate of drug-likeness (QED) is 0.841. The Morgan fingerprint density at radius 3 is 2.21 bits per heavy atom. The van der Waals surface area contributed by atoms with Crippen LogP contribution >= 0.6 is 0 Å². The van der Waals surface area contributed by atoms with E-state index in [4.69, 9.17) is 0 Å². The van der Waals surface area contributed by atoms with E-state index in [2.05, 4.69) is 55.4 Å². The fraction of sp³-hybridized carbons (Fsp3) is 0.647. The molecule has 1 aromatic carbocycles. The molecule has 2 heteroatoms. The Morgan fingerprint density at radius 1 is 1.11 bits per heavy atom. The van der Waals surface area contributed by atoms with Crippen LogP contribution in [-0.2, 0) is 0 Å². The van der Waals surface area contributed by atoms with Crippen LogP contribution in [0.1, 0.15) is 56.2 Å². The molecule has 19 heavy (non-hydrogen) atoms. The summed E-state index contributed by atoms with van der Waals surface area (Å²) >= 11 is 0. The third-order valence-electron chi connectivity index (χ3n) is 4.48. The highest BCUT2D eigenvalue weighted by atomic mass is 15.2. The molecule has 1 aromatic rings. The van der Waals surface area contributed by atoms with Crippen LogP contribution in [-0.4, -0.2) is 31.6 Å². The summed E-state index contributed by atoms with van der Waals surface area (Å²) in [5.74, 6) is 0.670. The standard InChI is InChI=1S/C17H28N2/c1-4-14(2)15-7-9-16(10-8-15)17(13-18-3)19-11-5-6-12-19/h7-10,14,17-18H,4-6,11-13H2,1-3H3. The normalized spacial score (nSPS) is 19.5. The molecular weight excluding hydrogens is 232 g/mol. The van der Waals surface area contributed by atoms with Crippen LogP contribution in [0, 0.1) is 0 Å². The lowest BCUT2D eigenvalue weighted by atomic mass is 9.95. The number of nitrogens with zero attached hydrogens (tertiary/aromatic N) is 1. The molecule has 0 spiro atoms. The monoisotopic (exact) mass is 260 g/mol. The maximum Gasteiger partial charge on any atom is 0.0472 e. The summed E-state index contributed by atoms with van der Waals surface area (Å²) in [6, 6.07) is 9.85. The van der Waals surface area contributed by atoms with Crippen molar-refractivity contribution >= 4 is 0 Å². The van der Waals surface area contributed by atoms with E-state index in [1.54, 1.807) is 0 Å². The highest BCUT2D eigenvalue weighted by Gasteiger charge is 2.22. The van der Waals surface area contributed by atoms with Crippen LogP contribution in [0.3, 0.4) is 0 Å². The smallest absolute Gasteiger partial charge is 0.0472 e. The van der Waals surface area contributed by atoms with Crippen LogP contribution in [0.5, 0.6) is 0 Å². The number of rotatable bonds is 6. The van der Waals surface area contributed by atoms with Crippen LogP contribution in [0.4, 0.5) is 0 Å². The Morgan fingerprint density at radius 2 is 1.68 bits per heavy atom. The van der Waals surface area contributed by atoms with Gasteiger partial charge in [-0.15, -0.1) is 0 Å². The fourth-order valence-corrected chi connectivity index (χ4v) is 2.99. The van der Waals surface area contributed by atoms with Crippen molar-refractivity contribution in [2.45, 2.75) is 45.1 Å². The molecule has 0 aromatic heterocycles. The molecule has 1 saturated heterocycles. The second-order valence-corrected chi connectivity index (χ2v) is 5.79. The van der Waals surface area contributed by atoms with E-state index in [1.165, 1.54) is 43.5 Å². The molecule has 1 fully saturated rings. The number of likely N-dealkylation sites (N-methyl/N-ethyl adjacent to an activating group) is 1. The molecule has 106 valence electrons. The van der Waals surface area contributed by atoms with Gasteiger partial charge in [-0.3, -0.25) is 4.90 Å². The summed E-state index contributed by atoms with van der Waals surface area (Å²) < 4.78 is 0. The molecule has 0 aliphatic carbocycles. The first-order valence-corrected chi connectivity index (χ1v) is 7.74. The third-order valence-corrected chi connectivity index (χ3v) is 4.48. The van der Waals surface area contributed by atoms with Gasteiger partial charge in [-0.2, -0.15) is 0 Å². The van der Waals surface area contributed by atoms with Gasteiger partial charge >= 0.3 is 0 Å². The van der Waals surface area contributed by atoms with Gasteiger partial charge in [-0.05, 0) is 56.4 Å². The first-order valence-electron chi connectivity index (χ1n) is 7.74. The molecular formula is C17H28N2. The van der Waals surface area contributed by atoms with Gasteiger partial charge in [0.2, 0.25) is 0 Å². The molecule has 1 aliphatic heterocycles. The highest BCUT2D eigenvalue weighted by molar-refractivity contribution is 5.27. The van der Waals surface area contributed by atoms with Crippen molar-refractivity contribution in [3.05, 3.63) is 35.4 Å². The lowest BCUT2D eigenvalue weighted by Crippen LogP contribution is -2.32. The van der Waals surface area contributed by atoms with E-state index in [1.807, 2.05) is 0 Å². The molecule has 2 nitrogen and oxygen atoms in total. The predicted octanol–water partition coefficient (Wildman–Crippen LogP) is 3.56. The average molecular weight is 260 g/mol. The van der Waals surface area contributed by atoms with Gasteiger partial charge in [0.15, 0.2) is 0 Å². The summed E-state index contributed by atoms with van der Waals surface area (Å²) in [7, 11) is 2.05. The molecule has 0 amide bonds. The lowest BCUT2D eigenvalue weighted by molar-refractivity contribution is 0.242. The summed E-state index contributed by atoms with van der Waals surface area (Å²) in [5.41, 5.74) is 2.93. The van der Waals surface area contributed by atoms with Gasteiger partial charge in [0.1, 0.15) is 0 Å². The zero-order valence-electron chi connectivity index (χ0n) is 12.7. The topological polar surface area (TPSA) is 15.3 Å². The van der Waals surface area contributed by atoms with Crippen LogP contribution in [0.15, 0.2) is 24.3 Å².